The SMILES string of the molecule is Cc1ncc(N2CC3CNCC3C2(C)C)nc1C. The summed E-state index contributed by atoms with van der Waals surface area (Å²) in [4.78, 5) is 11.6. The van der Waals surface area contributed by atoms with Crippen LogP contribution in [-0.2, 0) is 0 Å². The molecule has 0 aromatic carbocycles. The fourth-order valence-corrected chi connectivity index (χ4v) is 3.47. The van der Waals surface area contributed by atoms with E-state index in [2.05, 4.69) is 29.0 Å². The number of nitrogens with zero attached hydrogens (tertiary/aromatic N) is 3. The highest BCUT2D eigenvalue weighted by atomic mass is 15.3. The summed E-state index contributed by atoms with van der Waals surface area (Å²) < 4.78 is 0. The maximum atomic E-state index is 4.72. The Balaban J connectivity index is 1.95. The Kier molecular flexibility index (Phi) is 2.59. The molecule has 1 aromatic heterocycles. The van der Waals surface area contributed by atoms with E-state index in [9.17, 15) is 0 Å². The Morgan fingerprint density at radius 1 is 1.28 bits per heavy atom. The predicted molar refractivity (Wildman–Crippen MR) is 72.8 cm³/mol. The molecule has 0 radical (unpaired) electrons. The molecule has 0 bridgehead atoms. The lowest BCUT2D eigenvalue weighted by Gasteiger charge is -2.36. The second-order valence-electron chi connectivity index (χ2n) is 6.19. The summed E-state index contributed by atoms with van der Waals surface area (Å²) in [6, 6.07) is 0. The minimum Gasteiger partial charge on any atom is -0.350 e. The Morgan fingerprint density at radius 3 is 2.72 bits per heavy atom. The van der Waals surface area contributed by atoms with Gasteiger partial charge in [-0.2, -0.15) is 0 Å². The van der Waals surface area contributed by atoms with E-state index in [1.54, 1.807) is 0 Å². The number of hydrogen-bond acceptors (Lipinski definition) is 4. The van der Waals surface area contributed by atoms with Crippen molar-refractivity contribution < 1.29 is 0 Å². The highest BCUT2D eigenvalue weighted by Gasteiger charge is 2.50. The minimum absolute atomic E-state index is 0.171. The fraction of sp³-hybridized carbons (Fsp3) is 0.714. The summed E-state index contributed by atoms with van der Waals surface area (Å²) in [5.74, 6) is 2.52. The molecule has 4 nitrogen and oxygen atoms in total. The lowest BCUT2D eigenvalue weighted by atomic mass is 9.85. The first kappa shape index (κ1) is 11.9. The summed E-state index contributed by atoms with van der Waals surface area (Å²) in [5, 5.41) is 3.51. The van der Waals surface area contributed by atoms with Crippen molar-refractivity contribution in [1.29, 1.82) is 0 Å². The first-order valence-corrected chi connectivity index (χ1v) is 6.78. The van der Waals surface area contributed by atoms with E-state index < -0.39 is 0 Å². The highest BCUT2D eigenvalue weighted by molar-refractivity contribution is 5.44. The molecule has 0 saturated carbocycles. The van der Waals surface area contributed by atoms with E-state index in [0.717, 1.165) is 48.7 Å². The topological polar surface area (TPSA) is 41.1 Å². The molecule has 2 aliphatic heterocycles. The van der Waals surface area contributed by atoms with Crippen LogP contribution in [-0.4, -0.2) is 35.1 Å². The zero-order valence-electron chi connectivity index (χ0n) is 11.7. The molecule has 2 atom stereocenters. The third-order valence-electron chi connectivity index (χ3n) is 4.82. The van der Waals surface area contributed by atoms with Crippen LogP contribution in [0.4, 0.5) is 5.82 Å². The number of fused-ring (bicyclic) bond motifs is 1. The van der Waals surface area contributed by atoms with Crippen LogP contribution in [0, 0.1) is 25.7 Å². The maximum Gasteiger partial charge on any atom is 0.147 e. The van der Waals surface area contributed by atoms with Gasteiger partial charge < -0.3 is 10.2 Å². The molecule has 3 rings (SSSR count). The van der Waals surface area contributed by atoms with Crippen molar-refractivity contribution in [1.82, 2.24) is 15.3 Å². The molecule has 0 amide bonds. The van der Waals surface area contributed by atoms with Gasteiger partial charge in [-0.1, -0.05) is 0 Å². The van der Waals surface area contributed by atoms with Crippen LogP contribution >= 0.6 is 0 Å². The molecule has 2 unspecified atom stereocenters. The minimum atomic E-state index is 0.171. The summed E-state index contributed by atoms with van der Waals surface area (Å²) in [6.07, 6.45) is 1.93. The number of hydrogen-bond donors (Lipinski definition) is 1. The van der Waals surface area contributed by atoms with E-state index in [-0.39, 0.29) is 5.54 Å². The molecule has 0 aliphatic carbocycles. The molecule has 3 heterocycles. The van der Waals surface area contributed by atoms with E-state index in [1.165, 1.54) is 0 Å². The average molecular weight is 246 g/mol. The van der Waals surface area contributed by atoms with Crippen molar-refractivity contribution in [2.24, 2.45) is 11.8 Å². The largest absolute Gasteiger partial charge is 0.350 e. The van der Waals surface area contributed by atoms with Crippen LogP contribution in [0.2, 0.25) is 0 Å². The van der Waals surface area contributed by atoms with E-state index >= 15 is 0 Å². The van der Waals surface area contributed by atoms with Gasteiger partial charge in [-0.3, -0.25) is 4.98 Å². The second kappa shape index (κ2) is 3.92. The first-order chi connectivity index (χ1) is 8.50. The van der Waals surface area contributed by atoms with E-state index in [4.69, 9.17) is 4.98 Å². The monoisotopic (exact) mass is 246 g/mol. The lowest BCUT2D eigenvalue weighted by Crippen LogP contribution is -2.45. The Labute approximate surface area is 109 Å². The molecule has 18 heavy (non-hydrogen) atoms. The van der Waals surface area contributed by atoms with Crippen molar-refractivity contribution in [2.45, 2.75) is 33.2 Å². The molecule has 1 aromatic rings. The zero-order chi connectivity index (χ0) is 12.9. The number of aromatic nitrogens is 2. The summed E-state index contributed by atoms with van der Waals surface area (Å²) in [7, 11) is 0. The molecular formula is C14H22N4. The first-order valence-electron chi connectivity index (χ1n) is 6.78. The maximum absolute atomic E-state index is 4.72. The second-order valence-corrected chi connectivity index (χ2v) is 6.19. The zero-order valence-corrected chi connectivity index (χ0v) is 11.7. The summed E-state index contributed by atoms with van der Waals surface area (Å²) >= 11 is 0. The normalized spacial score (nSPS) is 29.7. The van der Waals surface area contributed by atoms with Crippen molar-refractivity contribution in [3.63, 3.8) is 0 Å². The third-order valence-corrected chi connectivity index (χ3v) is 4.82. The Morgan fingerprint density at radius 2 is 2.06 bits per heavy atom. The average Bonchev–Trinajstić information content (AvgIpc) is 2.86. The van der Waals surface area contributed by atoms with Gasteiger partial charge in [-0.15, -0.1) is 0 Å². The number of rotatable bonds is 1. The summed E-state index contributed by atoms with van der Waals surface area (Å²) in [5.41, 5.74) is 2.24. The molecule has 98 valence electrons. The number of aryl methyl sites for hydroxylation is 2. The van der Waals surface area contributed by atoms with Crippen molar-refractivity contribution in [3.05, 3.63) is 17.6 Å². The van der Waals surface area contributed by atoms with Crippen LogP contribution in [0.15, 0.2) is 6.20 Å². The van der Waals surface area contributed by atoms with Gasteiger partial charge in [-0.25, -0.2) is 4.98 Å². The van der Waals surface area contributed by atoms with Crippen LogP contribution in [0.1, 0.15) is 25.2 Å². The van der Waals surface area contributed by atoms with Crippen molar-refractivity contribution in [3.8, 4) is 0 Å². The van der Waals surface area contributed by atoms with Gasteiger partial charge in [0, 0.05) is 25.2 Å². The van der Waals surface area contributed by atoms with Crippen LogP contribution in [0.25, 0.3) is 0 Å². The van der Waals surface area contributed by atoms with Crippen molar-refractivity contribution in [2.75, 3.05) is 24.5 Å². The smallest absolute Gasteiger partial charge is 0.147 e. The van der Waals surface area contributed by atoms with Gasteiger partial charge in [0.05, 0.1) is 17.6 Å². The lowest BCUT2D eigenvalue weighted by molar-refractivity contribution is 0.356. The van der Waals surface area contributed by atoms with E-state index in [0.29, 0.717) is 0 Å². The quantitative estimate of drug-likeness (QED) is 0.816. The molecule has 2 saturated heterocycles. The molecular weight excluding hydrogens is 224 g/mol. The van der Waals surface area contributed by atoms with Crippen LogP contribution in [0.5, 0.6) is 0 Å². The summed E-state index contributed by atoms with van der Waals surface area (Å²) in [6.45, 7) is 12.1. The Hall–Kier alpha value is -1.16. The molecule has 0 spiro atoms. The van der Waals surface area contributed by atoms with Gasteiger partial charge in [0.2, 0.25) is 0 Å². The number of nitrogens with one attached hydrogen (secondary N) is 1. The van der Waals surface area contributed by atoms with E-state index in [1.807, 2.05) is 20.0 Å². The fourth-order valence-electron chi connectivity index (χ4n) is 3.47. The van der Waals surface area contributed by atoms with Gasteiger partial charge in [0.15, 0.2) is 0 Å². The van der Waals surface area contributed by atoms with Gasteiger partial charge >= 0.3 is 0 Å². The molecule has 1 N–H and O–H groups in total. The predicted octanol–water partition coefficient (Wildman–Crippen LogP) is 1.53. The third kappa shape index (κ3) is 1.62. The molecule has 4 heteroatoms. The number of anilines is 1. The van der Waals surface area contributed by atoms with Crippen LogP contribution < -0.4 is 10.2 Å². The highest BCUT2D eigenvalue weighted by Crippen LogP contribution is 2.42. The van der Waals surface area contributed by atoms with Gasteiger partial charge in [-0.05, 0) is 39.5 Å². The standard InChI is InChI=1S/C14H22N4/c1-9-10(2)17-13(7-16-9)18-8-11-5-15-6-12(11)14(18,3)4/h7,11-12,15H,5-6,8H2,1-4H3. The van der Waals surface area contributed by atoms with Gasteiger partial charge in [0.1, 0.15) is 5.82 Å². The molecule has 2 fully saturated rings. The van der Waals surface area contributed by atoms with Crippen LogP contribution in [0.3, 0.4) is 0 Å². The Bertz CT molecular complexity index is 469. The van der Waals surface area contributed by atoms with Crippen molar-refractivity contribution >= 4 is 5.82 Å². The molecule has 2 aliphatic rings. The van der Waals surface area contributed by atoms with Gasteiger partial charge in [0.25, 0.3) is 0 Å².